The Morgan fingerprint density at radius 2 is 2.28 bits per heavy atom. The van der Waals surface area contributed by atoms with E-state index >= 15 is 0 Å². The molecule has 0 saturated carbocycles. The lowest BCUT2D eigenvalue weighted by Gasteiger charge is -2.26. The zero-order valence-corrected chi connectivity index (χ0v) is 11.7. The van der Waals surface area contributed by atoms with Crippen molar-refractivity contribution < 1.29 is 9.53 Å². The molecule has 1 saturated heterocycles. The minimum Gasteiger partial charge on any atom is -0.379 e. The van der Waals surface area contributed by atoms with Crippen molar-refractivity contribution in [1.82, 2.24) is 20.9 Å². The molecule has 1 aliphatic heterocycles. The van der Waals surface area contributed by atoms with Gasteiger partial charge in [0.15, 0.2) is 0 Å². The second-order valence-electron chi connectivity index (χ2n) is 4.94. The van der Waals surface area contributed by atoms with Gasteiger partial charge in [0, 0.05) is 45.8 Å². The van der Waals surface area contributed by atoms with Gasteiger partial charge in [0.2, 0.25) is 0 Å². The number of carbonyl (C=O) groups is 1. The molecule has 18 heavy (non-hydrogen) atoms. The molecule has 1 fully saturated rings. The van der Waals surface area contributed by atoms with E-state index in [1.807, 2.05) is 0 Å². The van der Waals surface area contributed by atoms with Crippen LogP contribution in [0.2, 0.25) is 0 Å². The summed E-state index contributed by atoms with van der Waals surface area (Å²) >= 11 is 0. The summed E-state index contributed by atoms with van der Waals surface area (Å²) < 4.78 is 5.41. The summed E-state index contributed by atoms with van der Waals surface area (Å²) in [6, 6.07) is 0.810. The Bertz CT molecular complexity index is 242. The van der Waals surface area contributed by atoms with Crippen LogP contribution in [0.25, 0.3) is 0 Å². The molecule has 3 N–H and O–H groups in total. The van der Waals surface area contributed by atoms with Crippen molar-refractivity contribution in [2.24, 2.45) is 0 Å². The Balaban J connectivity index is 2.02. The summed E-state index contributed by atoms with van der Waals surface area (Å²) in [4.78, 5) is 12.8. The van der Waals surface area contributed by atoms with Crippen LogP contribution in [0.4, 0.5) is 4.79 Å². The third-order valence-corrected chi connectivity index (χ3v) is 2.94. The summed E-state index contributed by atoms with van der Waals surface area (Å²) in [5.41, 5.74) is 0. The maximum Gasteiger partial charge on any atom is 0.316 e. The van der Waals surface area contributed by atoms with E-state index in [1.54, 1.807) is 14.1 Å². The summed E-state index contributed by atoms with van der Waals surface area (Å²) in [5.74, 6) is 0. The molecule has 0 aromatic heterocycles. The Labute approximate surface area is 109 Å². The fourth-order valence-electron chi connectivity index (χ4n) is 1.93. The number of morpholine rings is 1. The number of urea groups is 1. The minimum atomic E-state index is -0.0493. The van der Waals surface area contributed by atoms with Gasteiger partial charge in [-0.15, -0.1) is 0 Å². The first-order valence-corrected chi connectivity index (χ1v) is 6.59. The van der Waals surface area contributed by atoms with Gasteiger partial charge in [0.25, 0.3) is 0 Å². The zero-order chi connectivity index (χ0) is 13.4. The van der Waals surface area contributed by atoms with Gasteiger partial charge in [-0.05, 0) is 13.3 Å². The Morgan fingerprint density at radius 1 is 1.50 bits per heavy atom. The normalized spacial score (nSPS) is 21.4. The Kier molecular flexibility index (Phi) is 7.00. The van der Waals surface area contributed by atoms with Crippen LogP contribution in [0.5, 0.6) is 0 Å². The van der Waals surface area contributed by atoms with E-state index in [1.165, 1.54) is 4.90 Å². The molecule has 1 rings (SSSR count). The topological polar surface area (TPSA) is 65.6 Å². The largest absolute Gasteiger partial charge is 0.379 e. The lowest BCUT2D eigenvalue weighted by molar-refractivity contribution is 0.0713. The summed E-state index contributed by atoms with van der Waals surface area (Å²) in [6.07, 6.45) is 1.04. The van der Waals surface area contributed by atoms with E-state index in [4.69, 9.17) is 4.74 Å². The van der Waals surface area contributed by atoms with Crippen molar-refractivity contribution >= 4 is 6.03 Å². The molecule has 0 bridgehead atoms. The van der Waals surface area contributed by atoms with Gasteiger partial charge >= 0.3 is 6.03 Å². The van der Waals surface area contributed by atoms with Crippen LogP contribution in [0.15, 0.2) is 0 Å². The van der Waals surface area contributed by atoms with E-state index in [9.17, 15) is 4.79 Å². The van der Waals surface area contributed by atoms with Crippen LogP contribution in [0.1, 0.15) is 13.3 Å². The molecule has 1 aliphatic rings. The van der Waals surface area contributed by atoms with Crippen LogP contribution in [-0.2, 0) is 4.74 Å². The second kappa shape index (κ2) is 8.29. The highest BCUT2D eigenvalue weighted by atomic mass is 16.5. The van der Waals surface area contributed by atoms with Crippen molar-refractivity contribution in [3.63, 3.8) is 0 Å². The molecule has 0 aromatic rings. The minimum absolute atomic E-state index is 0.0493. The lowest BCUT2D eigenvalue weighted by Crippen LogP contribution is -2.46. The Hall–Kier alpha value is -0.850. The predicted octanol–water partition coefficient (Wildman–Crippen LogP) is -0.386. The number of rotatable bonds is 6. The number of nitrogens with one attached hydrogen (secondary N) is 3. The first-order valence-electron chi connectivity index (χ1n) is 6.59. The first-order chi connectivity index (χ1) is 8.59. The molecular weight excluding hydrogens is 232 g/mol. The van der Waals surface area contributed by atoms with Gasteiger partial charge in [-0.1, -0.05) is 0 Å². The molecule has 0 spiro atoms. The molecule has 2 amide bonds. The first kappa shape index (κ1) is 15.2. The van der Waals surface area contributed by atoms with Crippen LogP contribution < -0.4 is 16.0 Å². The highest BCUT2D eigenvalue weighted by Gasteiger charge is 2.15. The highest BCUT2D eigenvalue weighted by Crippen LogP contribution is 2.01. The van der Waals surface area contributed by atoms with Crippen molar-refractivity contribution in [3.05, 3.63) is 0 Å². The lowest BCUT2D eigenvalue weighted by atomic mass is 10.1. The quantitative estimate of drug-likeness (QED) is 0.568. The van der Waals surface area contributed by atoms with Gasteiger partial charge < -0.3 is 25.6 Å². The molecule has 0 aliphatic carbocycles. The number of amides is 2. The molecule has 6 heteroatoms. The summed E-state index contributed by atoms with van der Waals surface area (Å²) in [5, 5.41) is 9.65. The molecule has 0 radical (unpaired) electrons. The molecule has 2 atom stereocenters. The summed E-state index contributed by atoms with van der Waals surface area (Å²) in [6.45, 7) is 6.14. The number of hydrogen-bond donors (Lipinski definition) is 3. The van der Waals surface area contributed by atoms with Crippen molar-refractivity contribution in [2.45, 2.75) is 25.4 Å². The van der Waals surface area contributed by atoms with Crippen molar-refractivity contribution in [2.75, 3.05) is 46.9 Å². The number of carbonyl (C=O) groups excluding carboxylic acids is 1. The van der Waals surface area contributed by atoms with E-state index in [0.29, 0.717) is 18.6 Å². The number of hydrogen-bond acceptors (Lipinski definition) is 4. The predicted molar refractivity (Wildman–Crippen MR) is 71.8 cm³/mol. The van der Waals surface area contributed by atoms with Crippen LogP contribution in [0.3, 0.4) is 0 Å². The fraction of sp³-hybridized carbons (Fsp3) is 0.917. The molecular formula is C12H26N4O2. The maximum atomic E-state index is 11.3. The standard InChI is InChI=1S/C12H26N4O2/c1-10(8-11-9-18-7-6-14-11)13-4-5-15-12(17)16(2)3/h10-11,13-14H,4-9H2,1-3H3,(H,15,17). The summed E-state index contributed by atoms with van der Waals surface area (Å²) in [7, 11) is 3.47. The van der Waals surface area contributed by atoms with Gasteiger partial charge in [0.05, 0.1) is 13.2 Å². The molecule has 1 heterocycles. The molecule has 6 nitrogen and oxygen atoms in total. The van der Waals surface area contributed by atoms with E-state index in [-0.39, 0.29) is 6.03 Å². The van der Waals surface area contributed by atoms with Crippen molar-refractivity contribution in [3.8, 4) is 0 Å². The molecule has 0 aromatic carbocycles. The van der Waals surface area contributed by atoms with Gasteiger partial charge in [-0.2, -0.15) is 0 Å². The van der Waals surface area contributed by atoms with Crippen LogP contribution in [-0.4, -0.2) is 70.0 Å². The average molecular weight is 258 g/mol. The average Bonchev–Trinajstić information content (AvgIpc) is 2.35. The maximum absolute atomic E-state index is 11.3. The fourth-order valence-corrected chi connectivity index (χ4v) is 1.93. The number of ether oxygens (including phenoxy) is 1. The molecule has 106 valence electrons. The van der Waals surface area contributed by atoms with E-state index < -0.39 is 0 Å². The highest BCUT2D eigenvalue weighted by molar-refractivity contribution is 5.73. The SMILES string of the molecule is CC(CC1COCCN1)NCCNC(=O)N(C)C. The Morgan fingerprint density at radius 3 is 2.89 bits per heavy atom. The van der Waals surface area contributed by atoms with Crippen molar-refractivity contribution in [1.29, 1.82) is 0 Å². The second-order valence-corrected chi connectivity index (χ2v) is 4.94. The van der Waals surface area contributed by atoms with E-state index in [2.05, 4.69) is 22.9 Å². The monoisotopic (exact) mass is 258 g/mol. The third-order valence-electron chi connectivity index (χ3n) is 2.94. The van der Waals surface area contributed by atoms with E-state index in [0.717, 1.165) is 32.7 Å². The third kappa shape index (κ3) is 6.18. The van der Waals surface area contributed by atoms with Gasteiger partial charge in [-0.25, -0.2) is 4.79 Å². The van der Waals surface area contributed by atoms with Crippen LogP contribution in [0, 0.1) is 0 Å². The molecule has 2 unspecified atom stereocenters. The number of nitrogens with zero attached hydrogens (tertiary/aromatic N) is 1. The van der Waals surface area contributed by atoms with Gasteiger partial charge in [-0.3, -0.25) is 0 Å². The zero-order valence-electron chi connectivity index (χ0n) is 11.7. The van der Waals surface area contributed by atoms with Gasteiger partial charge in [0.1, 0.15) is 0 Å². The van der Waals surface area contributed by atoms with Crippen LogP contribution >= 0.6 is 0 Å². The smallest absolute Gasteiger partial charge is 0.316 e.